The SMILES string of the molecule is CC(=O)N[C@@H](Cc1ccccc1F)C(=O)[O-]. The van der Waals surface area contributed by atoms with Crippen LogP contribution in [0.25, 0.3) is 0 Å². The van der Waals surface area contributed by atoms with Crippen molar-refractivity contribution >= 4 is 11.9 Å². The summed E-state index contributed by atoms with van der Waals surface area (Å²) in [7, 11) is 0. The number of hydrogen-bond acceptors (Lipinski definition) is 3. The first-order valence-corrected chi connectivity index (χ1v) is 4.72. The molecule has 0 bridgehead atoms. The Hall–Kier alpha value is -1.91. The van der Waals surface area contributed by atoms with E-state index < -0.39 is 23.7 Å². The van der Waals surface area contributed by atoms with Crippen LogP contribution in [0.1, 0.15) is 12.5 Å². The molecule has 0 fully saturated rings. The van der Waals surface area contributed by atoms with Gasteiger partial charge in [-0.3, -0.25) is 4.79 Å². The van der Waals surface area contributed by atoms with Crippen LogP contribution in [0.15, 0.2) is 24.3 Å². The second kappa shape index (κ2) is 5.25. The van der Waals surface area contributed by atoms with Crippen LogP contribution in [0.3, 0.4) is 0 Å². The van der Waals surface area contributed by atoms with Gasteiger partial charge in [0.1, 0.15) is 5.82 Å². The first kappa shape index (κ1) is 12.2. The summed E-state index contributed by atoms with van der Waals surface area (Å²) in [6.07, 6.45) is -0.130. The van der Waals surface area contributed by atoms with Gasteiger partial charge in [0.25, 0.3) is 0 Å². The number of carbonyl (C=O) groups is 2. The number of nitrogens with one attached hydrogen (secondary N) is 1. The minimum atomic E-state index is -1.43. The summed E-state index contributed by atoms with van der Waals surface area (Å²) in [4.78, 5) is 21.4. The molecule has 1 aromatic carbocycles. The molecule has 0 saturated heterocycles. The summed E-state index contributed by atoms with van der Waals surface area (Å²) < 4.78 is 13.2. The minimum absolute atomic E-state index is 0.130. The predicted molar refractivity (Wildman–Crippen MR) is 52.7 cm³/mol. The molecule has 0 aromatic heterocycles. The van der Waals surface area contributed by atoms with Gasteiger partial charge in [0.2, 0.25) is 5.91 Å². The summed E-state index contributed by atoms with van der Waals surface area (Å²) in [6, 6.07) is 4.58. The standard InChI is InChI=1S/C11H12FNO3/c1-7(14)13-10(11(15)16)6-8-4-2-3-5-9(8)12/h2-5,10H,6H2,1H3,(H,13,14)(H,15,16)/p-1/t10-/m0/s1. The normalized spacial score (nSPS) is 11.9. The molecule has 0 heterocycles. The molecule has 1 amide bonds. The number of hydrogen-bond donors (Lipinski definition) is 1. The van der Waals surface area contributed by atoms with Crippen LogP contribution >= 0.6 is 0 Å². The molecule has 86 valence electrons. The number of carboxylic acids is 1. The van der Waals surface area contributed by atoms with Crippen molar-refractivity contribution in [3.05, 3.63) is 35.6 Å². The van der Waals surface area contributed by atoms with E-state index in [1.807, 2.05) is 0 Å². The van der Waals surface area contributed by atoms with Crippen LogP contribution in [0, 0.1) is 5.82 Å². The molecule has 1 rings (SSSR count). The van der Waals surface area contributed by atoms with E-state index in [1.54, 1.807) is 6.07 Å². The van der Waals surface area contributed by atoms with Gasteiger partial charge < -0.3 is 15.2 Å². The Morgan fingerprint density at radius 1 is 1.44 bits per heavy atom. The molecule has 5 heteroatoms. The average molecular weight is 224 g/mol. The topological polar surface area (TPSA) is 69.2 Å². The van der Waals surface area contributed by atoms with Crippen molar-refractivity contribution in [3.63, 3.8) is 0 Å². The van der Waals surface area contributed by atoms with Crippen LogP contribution < -0.4 is 10.4 Å². The van der Waals surface area contributed by atoms with E-state index in [-0.39, 0.29) is 12.0 Å². The highest BCUT2D eigenvalue weighted by atomic mass is 19.1. The van der Waals surface area contributed by atoms with Crippen molar-refractivity contribution < 1.29 is 19.1 Å². The summed E-state index contributed by atoms with van der Waals surface area (Å²) >= 11 is 0. The number of carboxylic acid groups (broad SMARTS) is 1. The van der Waals surface area contributed by atoms with Crippen molar-refractivity contribution in [3.8, 4) is 0 Å². The molecule has 0 saturated carbocycles. The van der Waals surface area contributed by atoms with Crippen LogP contribution in [-0.4, -0.2) is 17.9 Å². The first-order chi connectivity index (χ1) is 7.50. The number of amides is 1. The summed E-state index contributed by atoms with van der Waals surface area (Å²) in [5.41, 5.74) is 0.227. The number of rotatable bonds is 4. The van der Waals surface area contributed by atoms with Gasteiger partial charge in [0, 0.05) is 13.3 Å². The maximum Gasteiger partial charge on any atom is 0.217 e. The van der Waals surface area contributed by atoms with E-state index in [1.165, 1.54) is 25.1 Å². The van der Waals surface area contributed by atoms with Gasteiger partial charge in [-0.2, -0.15) is 0 Å². The monoisotopic (exact) mass is 224 g/mol. The Morgan fingerprint density at radius 2 is 2.06 bits per heavy atom. The Kier molecular flexibility index (Phi) is 3.99. The zero-order valence-corrected chi connectivity index (χ0v) is 8.70. The number of aliphatic carboxylic acids is 1. The quantitative estimate of drug-likeness (QED) is 0.758. The molecule has 0 aliphatic heterocycles. The molecule has 0 radical (unpaired) electrons. The minimum Gasteiger partial charge on any atom is -0.548 e. The number of carbonyl (C=O) groups excluding carboxylic acids is 2. The Morgan fingerprint density at radius 3 is 2.56 bits per heavy atom. The van der Waals surface area contributed by atoms with Gasteiger partial charge in [-0.15, -0.1) is 0 Å². The highest BCUT2D eigenvalue weighted by Crippen LogP contribution is 2.08. The summed E-state index contributed by atoms with van der Waals surface area (Å²) in [5, 5.41) is 12.9. The summed E-state index contributed by atoms with van der Waals surface area (Å²) in [5.74, 6) is -2.43. The predicted octanol–water partition coefficient (Wildman–Crippen LogP) is -0.377. The van der Waals surface area contributed by atoms with E-state index in [0.717, 1.165) is 0 Å². The molecule has 0 aliphatic rings. The van der Waals surface area contributed by atoms with E-state index in [2.05, 4.69) is 5.32 Å². The zero-order chi connectivity index (χ0) is 12.1. The molecule has 0 aliphatic carbocycles. The van der Waals surface area contributed by atoms with Crippen molar-refractivity contribution in [2.24, 2.45) is 0 Å². The van der Waals surface area contributed by atoms with Crippen molar-refractivity contribution in [1.82, 2.24) is 5.32 Å². The Labute approximate surface area is 92.1 Å². The van der Waals surface area contributed by atoms with Gasteiger partial charge in [0.15, 0.2) is 0 Å². The molecule has 16 heavy (non-hydrogen) atoms. The third-order valence-electron chi connectivity index (χ3n) is 2.04. The molecule has 1 N–H and O–H groups in total. The van der Waals surface area contributed by atoms with Crippen LogP contribution in [-0.2, 0) is 16.0 Å². The second-order valence-electron chi connectivity index (χ2n) is 3.37. The fraction of sp³-hybridized carbons (Fsp3) is 0.273. The largest absolute Gasteiger partial charge is 0.548 e. The molecule has 4 nitrogen and oxygen atoms in total. The van der Waals surface area contributed by atoms with Gasteiger partial charge in [-0.1, -0.05) is 18.2 Å². The van der Waals surface area contributed by atoms with E-state index in [0.29, 0.717) is 0 Å². The maximum atomic E-state index is 13.2. The lowest BCUT2D eigenvalue weighted by Crippen LogP contribution is -2.48. The number of benzene rings is 1. The van der Waals surface area contributed by atoms with Gasteiger partial charge >= 0.3 is 0 Å². The van der Waals surface area contributed by atoms with Gasteiger partial charge in [-0.25, -0.2) is 4.39 Å². The molecular formula is C11H11FNO3-. The zero-order valence-electron chi connectivity index (χ0n) is 8.70. The molecule has 1 aromatic rings. The lowest BCUT2D eigenvalue weighted by molar-refractivity contribution is -0.308. The second-order valence-corrected chi connectivity index (χ2v) is 3.37. The van der Waals surface area contributed by atoms with Crippen molar-refractivity contribution in [2.45, 2.75) is 19.4 Å². The van der Waals surface area contributed by atoms with Crippen molar-refractivity contribution in [2.75, 3.05) is 0 Å². The Balaban J connectivity index is 2.80. The van der Waals surface area contributed by atoms with Crippen LogP contribution in [0.2, 0.25) is 0 Å². The fourth-order valence-electron chi connectivity index (χ4n) is 1.32. The third kappa shape index (κ3) is 3.34. The average Bonchev–Trinajstić information content (AvgIpc) is 2.19. The first-order valence-electron chi connectivity index (χ1n) is 4.72. The summed E-state index contributed by atoms with van der Waals surface area (Å²) in [6.45, 7) is 1.19. The van der Waals surface area contributed by atoms with Gasteiger partial charge in [0.05, 0.1) is 12.0 Å². The molecule has 1 atom stereocenters. The highest BCUT2D eigenvalue weighted by molar-refractivity contribution is 5.81. The van der Waals surface area contributed by atoms with E-state index in [9.17, 15) is 19.1 Å². The van der Waals surface area contributed by atoms with Crippen LogP contribution in [0.4, 0.5) is 4.39 Å². The third-order valence-corrected chi connectivity index (χ3v) is 2.04. The maximum absolute atomic E-state index is 13.2. The molecular weight excluding hydrogens is 213 g/mol. The fourth-order valence-corrected chi connectivity index (χ4v) is 1.32. The van der Waals surface area contributed by atoms with E-state index >= 15 is 0 Å². The van der Waals surface area contributed by atoms with Crippen LogP contribution in [0.5, 0.6) is 0 Å². The molecule has 0 unspecified atom stereocenters. The lowest BCUT2D eigenvalue weighted by Gasteiger charge is -2.18. The van der Waals surface area contributed by atoms with Gasteiger partial charge in [-0.05, 0) is 11.6 Å². The molecule has 0 spiro atoms. The number of halogens is 1. The van der Waals surface area contributed by atoms with E-state index in [4.69, 9.17) is 0 Å². The lowest BCUT2D eigenvalue weighted by atomic mass is 10.1. The highest BCUT2D eigenvalue weighted by Gasteiger charge is 2.13. The smallest absolute Gasteiger partial charge is 0.217 e. The van der Waals surface area contributed by atoms with Crippen molar-refractivity contribution in [1.29, 1.82) is 0 Å². The Bertz CT molecular complexity index is 406.